The van der Waals surface area contributed by atoms with Crippen LogP contribution in [0.3, 0.4) is 0 Å². The Morgan fingerprint density at radius 2 is 1.76 bits per heavy atom. The third kappa shape index (κ3) is 1.36. The largest absolute Gasteiger partial charge is 0.379 e. The molecule has 3 unspecified atom stereocenters. The summed E-state index contributed by atoms with van der Waals surface area (Å²) in [5, 5.41) is 3.68. The summed E-state index contributed by atoms with van der Waals surface area (Å²) in [5.74, 6) is 0.716. The molecule has 0 radical (unpaired) electrons. The van der Waals surface area contributed by atoms with Crippen molar-refractivity contribution in [3.63, 3.8) is 0 Å². The van der Waals surface area contributed by atoms with Crippen molar-refractivity contribution in [2.45, 2.75) is 24.4 Å². The number of piperidine rings is 1. The summed E-state index contributed by atoms with van der Waals surface area (Å²) < 4.78 is 0. The highest BCUT2D eigenvalue weighted by atomic mass is 16.2. The zero-order valence-corrected chi connectivity index (χ0v) is 11.6. The maximum absolute atomic E-state index is 12.6. The molecule has 3 nitrogen and oxygen atoms in total. The normalized spacial score (nSPS) is 28.5. The van der Waals surface area contributed by atoms with Crippen molar-refractivity contribution in [3.8, 4) is 0 Å². The van der Waals surface area contributed by atoms with Gasteiger partial charge in [-0.2, -0.15) is 0 Å². The summed E-state index contributed by atoms with van der Waals surface area (Å²) in [4.78, 5) is 14.7. The number of hydrogen-bond acceptors (Lipinski definition) is 2. The van der Waals surface area contributed by atoms with Crippen LogP contribution in [0.4, 0.5) is 5.69 Å². The predicted octanol–water partition coefficient (Wildman–Crippen LogP) is 3.17. The van der Waals surface area contributed by atoms with Crippen LogP contribution in [0.5, 0.6) is 0 Å². The second-order valence-electron chi connectivity index (χ2n) is 6.18. The van der Waals surface area contributed by atoms with Crippen LogP contribution in [-0.2, 0) is 0 Å². The van der Waals surface area contributed by atoms with Crippen LogP contribution in [0.25, 0.3) is 0 Å². The van der Waals surface area contributed by atoms with E-state index in [0.29, 0.717) is 12.0 Å². The van der Waals surface area contributed by atoms with Crippen LogP contribution in [0.2, 0.25) is 0 Å². The number of para-hydroxylation sites is 1. The molecular formula is C18H16N2O. The molecule has 3 aliphatic heterocycles. The van der Waals surface area contributed by atoms with Crippen LogP contribution < -0.4 is 5.32 Å². The second-order valence-corrected chi connectivity index (χ2v) is 6.18. The Morgan fingerprint density at radius 1 is 1.00 bits per heavy atom. The fourth-order valence-corrected chi connectivity index (χ4v) is 4.36. The fourth-order valence-electron chi connectivity index (χ4n) is 4.36. The number of amides is 1. The highest BCUT2D eigenvalue weighted by Gasteiger charge is 2.49. The molecule has 3 atom stereocenters. The van der Waals surface area contributed by atoms with Gasteiger partial charge in [-0.05, 0) is 29.7 Å². The first-order chi connectivity index (χ1) is 10.3. The van der Waals surface area contributed by atoms with Gasteiger partial charge in [-0.3, -0.25) is 4.79 Å². The van der Waals surface area contributed by atoms with Gasteiger partial charge in [0.2, 0.25) is 0 Å². The van der Waals surface area contributed by atoms with Gasteiger partial charge in [0.1, 0.15) is 0 Å². The van der Waals surface area contributed by atoms with Crippen molar-refractivity contribution >= 4 is 11.6 Å². The first-order valence-electron chi connectivity index (χ1n) is 7.60. The van der Waals surface area contributed by atoms with Crippen LogP contribution >= 0.6 is 0 Å². The smallest absolute Gasteiger partial charge is 0.254 e. The summed E-state index contributed by atoms with van der Waals surface area (Å²) >= 11 is 0. The van der Waals surface area contributed by atoms with E-state index < -0.39 is 0 Å². The average molecular weight is 276 g/mol. The van der Waals surface area contributed by atoms with E-state index in [0.717, 1.165) is 18.5 Å². The van der Waals surface area contributed by atoms with Crippen LogP contribution in [0, 0.1) is 0 Å². The van der Waals surface area contributed by atoms with E-state index in [2.05, 4.69) is 40.5 Å². The molecule has 1 N–H and O–H groups in total. The Labute approximate surface area is 123 Å². The Kier molecular flexibility index (Phi) is 2.10. The van der Waals surface area contributed by atoms with Crippen molar-refractivity contribution in [2.75, 3.05) is 11.9 Å². The highest BCUT2D eigenvalue weighted by molar-refractivity contribution is 5.99. The SMILES string of the molecule is O=C1c2ccccc2C2C3Nc4ccccc4C3CCN12. The molecule has 0 spiro atoms. The van der Waals surface area contributed by atoms with Gasteiger partial charge in [0.25, 0.3) is 5.91 Å². The molecule has 21 heavy (non-hydrogen) atoms. The van der Waals surface area contributed by atoms with Crippen molar-refractivity contribution < 1.29 is 4.79 Å². The van der Waals surface area contributed by atoms with E-state index >= 15 is 0 Å². The van der Waals surface area contributed by atoms with Crippen molar-refractivity contribution in [1.82, 2.24) is 4.90 Å². The summed E-state index contributed by atoms with van der Waals surface area (Å²) in [7, 11) is 0. The molecule has 0 bridgehead atoms. The summed E-state index contributed by atoms with van der Waals surface area (Å²) in [6.07, 6.45) is 1.05. The standard InChI is InChI=1S/C18H16N2O/c21-18-14-7-2-1-6-13(14)17-16-12(9-10-20(17)18)11-5-3-4-8-15(11)19-16/h1-8,12,16-17,19H,9-10H2. The lowest BCUT2D eigenvalue weighted by molar-refractivity contribution is 0.0638. The van der Waals surface area contributed by atoms with Crippen molar-refractivity contribution in [3.05, 3.63) is 65.2 Å². The van der Waals surface area contributed by atoms with Gasteiger partial charge in [0.05, 0.1) is 12.1 Å². The van der Waals surface area contributed by atoms with E-state index in [1.54, 1.807) is 0 Å². The minimum Gasteiger partial charge on any atom is -0.379 e. The molecule has 2 aromatic carbocycles. The van der Waals surface area contributed by atoms with E-state index in [-0.39, 0.29) is 11.9 Å². The van der Waals surface area contributed by atoms with Gasteiger partial charge in [0, 0.05) is 23.7 Å². The number of anilines is 1. The lowest BCUT2D eigenvalue weighted by Gasteiger charge is -2.39. The predicted molar refractivity (Wildman–Crippen MR) is 81.4 cm³/mol. The van der Waals surface area contributed by atoms with E-state index in [1.807, 2.05) is 18.2 Å². The Morgan fingerprint density at radius 3 is 2.67 bits per heavy atom. The van der Waals surface area contributed by atoms with Crippen LogP contribution in [-0.4, -0.2) is 23.4 Å². The minimum absolute atomic E-state index is 0.180. The molecule has 0 aromatic heterocycles. The maximum Gasteiger partial charge on any atom is 0.254 e. The first kappa shape index (κ1) is 11.4. The molecule has 1 saturated heterocycles. The Bertz CT molecular complexity index is 754. The van der Waals surface area contributed by atoms with Crippen molar-refractivity contribution in [2.24, 2.45) is 0 Å². The van der Waals surface area contributed by atoms with Gasteiger partial charge in [-0.1, -0.05) is 36.4 Å². The molecule has 0 saturated carbocycles. The molecule has 5 rings (SSSR count). The number of rotatable bonds is 0. The van der Waals surface area contributed by atoms with Gasteiger partial charge >= 0.3 is 0 Å². The molecule has 104 valence electrons. The molecule has 3 aliphatic rings. The number of carbonyl (C=O) groups excluding carboxylic acids is 1. The third-order valence-corrected chi connectivity index (χ3v) is 5.24. The quantitative estimate of drug-likeness (QED) is 0.801. The summed E-state index contributed by atoms with van der Waals surface area (Å²) in [5.41, 5.74) is 4.74. The fraction of sp³-hybridized carbons (Fsp3) is 0.278. The van der Waals surface area contributed by atoms with Gasteiger partial charge in [0.15, 0.2) is 0 Å². The lowest BCUT2D eigenvalue weighted by atomic mass is 9.82. The molecule has 3 heterocycles. The lowest BCUT2D eigenvalue weighted by Crippen LogP contribution is -2.45. The number of carbonyl (C=O) groups is 1. The van der Waals surface area contributed by atoms with E-state index in [4.69, 9.17) is 0 Å². The van der Waals surface area contributed by atoms with Crippen LogP contribution in [0.15, 0.2) is 48.5 Å². The molecule has 1 fully saturated rings. The second kappa shape index (κ2) is 3.88. The maximum atomic E-state index is 12.6. The molecular weight excluding hydrogens is 260 g/mol. The van der Waals surface area contributed by atoms with Gasteiger partial charge in [-0.15, -0.1) is 0 Å². The van der Waals surface area contributed by atoms with Crippen LogP contribution in [0.1, 0.15) is 39.9 Å². The zero-order chi connectivity index (χ0) is 14.0. The molecule has 0 aliphatic carbocycles. The minimum atomic E-state index is 0.180. The third-order valence-electron chi connectivity index (χ3n) is 5.24. The number of benzene rings is 2. The number of fused-ring (bicyclic) bond motifs is 7. The molecule has 2 aromatic rings. The number of nitrogens with zero attached hydrogens (tertiary/aromatic N) is 1. The summed E-state index contributed by atoms with van der Waals surface area (Å²) in [6.45, 7) is 0.857. The first-order valence-corrected chi connectivity index (χ1v) is 7.60. The van der Waals surface area contributed by atoms with Crippen molar-refractivity contribution in [1.29, 1.82) is 0 Å². The van der Waals surface area contributed by atoms with E-state index in [1.165, 1.54) is 16.8 Å². The van der Waals surface area contributed by atoms with Gasteiger partial charge in [-0.25, -0.2) is 0 Å². The molecule has 1 amide bonds. The number of hydrogen-bond donors (Lipinski definition) is 1. The Hall–Kier alpha value is -2.29. The topological polar surface area (TPSA) is 32.3 Å². The number of nitrogens with one attached hydrogen (secondary N) is 1. The zero-order valence-electron chi connectivity index (χ0n) is 11.6. The average Bonchev–Trinajstić information content (AvgIpc) is 3.04. The highest BCUT2D eigenvalue weighted by Crippen LogP contribution is 2.50. The molecule has 3 heteroatoms. The monoisotopic (exact) mass is 276 g/mol. The van der Waals surface area contributed by atoms with E-state index in [9.17, 15) is 4.79 Å². The summed E-state index contributed by atoms with van der Waals surface area (Å²) in [6, 6.07) is 17.1. The Balaban J connectivity index is 1.64. The van der Waals surface area contributed by atoms with Gasteiger partial charge < -0.3 is 10.2 Å².